The number of alkyl halides is 3. The molecular formula is C25H19F3N2O4. The van der Waals surface area contributed by atoms with Crippen molar-refractivity contribution in [2.45, 2.75) is 6.18 Å². The SMILES string of the molecule is COc1ccc(-n2c(O)c(C=Nc3ccc(C(F)(F)F)cc3)c3ccccc3c2=O)cc1OC. The van der Waals surface area contributed by atoms with Crippen molar-refractivity contribution in [3.8, 4) is 23.1 Å². The molecule has 0 unspecified atom stereocenters. The molecule has 3 aromatic carbocycles. The molecule has 34 heavy (non-hydrogen) atoms. The fourth-order valence-electron chi connectivity index (χ4n) is 3.57. The molecule has 4 aromatic rings. The van der Waals surface area contributed by atoms with Gasteiger partial charge in [-0.25, -0.2) is 4.57 Å². The highest BCUT2D eigenvalue weighted by Gasteiger charge is 2.29. The van der Waals surface area contributed by atoms with Crippen molar-refractivity contribution in [3.05, 3.63) is 88.2 Å². The summed E-state index contributed by atoms with van der Waals surface area (Å²) >= 11 is 0. The van der Waals surface area contributed by atoms with E-state index < -0.39 is 17.3 Å². The van der Waals surface area contributed by atoms with E-state index in [0.29, 0.717) is 28.0 Å². The molecule has 0 amide bonds. The summed E-state index contributed by atoms with van der Waals surface area (Å²) in [6, 6.07) is 15.7. The number of ether oxygens (including phenoxy) is 2. The van der Waals surface area contributed by atoms with E-state index >= 15 is 0 Å². The van der Waals surface area contributed by atoms with Crippen LogP contribution in [0.15, 0.2) is 76.5 Å². The van der Waals surface area contributed by atoms with Crippen molar-refractivity contribution < 1.29 is 27.8 Å². The monoisotopic (exact) mass is 468 g/mol. The van der Waals surface area contributed by atoms with Crippen molar-refractivity contribution in [1.29, 1.82) is 0 Å². The minimum atomic E-state index is -4.45. The van der Waals surface area contributed by atoms with Gasteiger partial charge in [0.15, 0.2) is 11.5 Å². The fraction of sp³-hybridized carbons (Fsp3) is 0.120. The summed E-state index contributed by atoms with van der Waals surface area (Å²) in [6.07, 6.45) is -3.14. The molecule has 0 atom stereocenters. The van der Waals surface area contributed by atoms with Crippen molar-refractivity contribution in [2.75, 3.05) is 14.2 Å². The second-order valence-electron chi connectivity index (χ2n) is 7.27. The van der Waals surface area contributed by atoms with Gasteiger partial charge in [-0.3, -0.25) is 9.79 Å². The van der Waals surface area contributed by atoms with E-state index in [4.69, 9.17) is 9.47 Å². The number of methoxy groups -OCH3 is 2. The van der Waals surface area contributed by atoms with Gasteiger partial charge in [0.2, 0.25) is 5.88 Å². The first-order valence-electron chi connectivity index (χ1n) is 10.0. The van der Waals surface area contributed by atoms with E-state index in [2.05, 4.69) is 4.99 Å². The minimum absolute atomic E-state index is 0.227. The van der Waals surface area contributed by atoms with Gasteiger partial charge >= 0.3 is 6.18 Å². The number of rotatable bonds is 5. The Bertz CT molecular complexity index is 1440. The van der Waals surface area contributed by atoms with Crippen LogP contribution in [0.3, 0.4) is 0 Å². The second-order valence-corrected chi connectivity index (χ2v) is 7.27. The third-order valence-corrected chi connectivity index (χ3v) is 5.27. The highest BCUT2D eigenvalue weighted by Crippen LogP contribution is 2.33. The lowest BCUT2D eigenvalue weighted by Gasteiger charge is -2.15. The number of aromatic hydroxyl groups is 1. The molecule has 1 heterocycles. The predicted molar refractivity (Wildman–Crippen MR) is 123 cm³/mol. The average molecular weight is 468 g/mol. The van der Waals surface area contributed by atoms with Crippen LogP contribution in [-0.4, -0.2) is 30.1 Å². The van der Waals surface area contributed by atoms with Crippen LogP contribution < -0.4 is 15.0 Å². The second kappa shape index (κ2) is 8.93. The number of nitrogens with zero attached hydrogens (tertiary/aromatic N) is 2. The van der Waals surface area contributed by atoms with Gasteiger partial charge in [-0.05, 0) is 42.5 Å². The van der Waals surface area contributed by atoms with Gasteiger partial charge in [-0.1, -0.05) is 18.2 Å². The normalized spacial score (nSPS) is 11.8. The first-order valence-corrected chi connectivity index (χ1v) is 10.0. The molecule has 9 heteroatoms. The molecule has 6 nitrogen and oxygen atoms in total. The summed E-state index contributed by atoms with van der Waals surface area (Å²) < 4.78 is 50.1. The molecule has 0 aliphatic rings. The minimum Gasteiger partial charge on any atom is -0.494 e. The molecule has 1 N–H and O–H groups in total. The summed E-state index contributed by atoms with van der Waals surface area (Å²) in [5, 5.41) is 11.9. The first kappa shape index (κ1) is 22.9. The maximum absolute atomic E-state index is 13.2. The largest absolute Gasteiger partial charge is 0.494 e. The molecule has 1 aromatic heterocycles. The lowest BCUT2D eigenvalue weighted by molar-refractivity contribution is -0.137. The molecule has 0 saturated heterocycles. The fourth-order valence-corrected chi connectivity index (χ4v) is 3.57. The maximum atomic E-state index is 13.2. The Labute approximate surface area is 192 Å². The number of aliphatic imine (C=N–C) groups is 1. The standard InChI is InChI=1S/C25H19F3N2O4/c1-33-21-12-11-17(13-22(21)34-2)30-23(31)19-6-4-3-5-18(19)20(24(30)32)14-29-16-9-7-15(8-10-16)25(26,27)28/h3-14,32H,1-2H3. The number of aromatic nitrogens is 1. The van der Waals surface area contributed by atoms with Gasteiger partial charge in [0.1, 0.15) is 0 Å². The number of hydrogen-bond acceptors (Lipinski definition) is 5. The molecule has 0 saturated carbocycles. The Morgan fingerprint density at radius 3 is 2.18 bits per heavy atom. The Morgan fingerprint density at radius 1 is 0.912 bits per heavy atom. The predicted octanol–water partition coefficient (Wildman–Crippen LogP) is 5.48. The molecule has 0 aliphatic heterocycles. The van der Waals surface area contributed by atoms with Crippen LogP contribution in [0.1, 0.15) is 11.1 Å². The molecule has 0 bridgehead atoms. The van der Waals surface area contributed by atoms with Gasteiger partial charge in [0.25, 0.3) is 5.56 Å². The van der Waals surface area contributed by atoms with Crippen molar-refractivity contribution >= 4 is 22.7 Å². The highest BCUT2D eigenvalue weighted by atomic mass is 19.4. The number of halogens is 3. The van der Waals surface area contributed by atoms with Crippen LogP contribution in [0.25, 0.3) is 16.5 Å². The average Bonchev–Trinajstić information content (AvgIpc) is 2.83. The van der Waals surface area contributed by atoms with Crippen LogP contribution in [0, 0.1) is 0 Å². The zero-order valence-corrected chi connectivity index (χ0v) is 18.1. The Hall–Kier alpha value is -4.27. The third kappa shape index (κ3) is 4.19. The van der Waals surface area contributed by atoms with Crippen LogP contribution >= 0.6 is 0 Å². The maximum Gasteiger partial charge on any atom is 0.416 e. The summed E-state index contributed by atoms with van der Waals surface area (Å²) in [7, 11) is 2.93. The Balaban J connectivity index is 1.88. The molecule has 0 radical (unpaired) electrons. The molecule has 0 fully saturated rings. The Morgan fingerprint density at radius 2 is 1.56 bits per heavy atom. The van der Waals surface area contributed by atoms with Crippen LogP contribution in [0.4, 0.5) is 18.9 Å². The number of fused-ring (bicyclic) bond motifs is 1. The molecule has 4 rings (SSSR count). The van der Waals surface area contributed by atoms with Gasteiger partial charge in [0.05, 0.1) is 36.7 Å². The lowest BCUT2D eigenvalue weighted by atomic mass is 10.1. The van der Waals surface area contributed by atoms with Crippen LogP contribution in [0.5, 0.6) is 17.4 Å². The van der Waals surface area contributed by atoms with Gasteiger partial charge in [-0.15, -0.1) is 0 Å². The number of pyridine rings is 1. The zero-order chi connectivity index (χ0) is 24.5. The van der Waals surface area contributed by atoms with Crippen molar-refractivity contribution in [2.24, 2.45) is 4.99 Å². The van der Waals surface area contributed by atoms with Gasteiger partial charge < -0.3 is 14.6 Å². The van der Waals surface area contributed by atoms with Crippen LogP contribution in [0.2, 0.25) is 0 Å². The highest BCUT2D eigenvalue weighted by molar-refractivity contribution is 6.02. The summed E-state index contributed by atoms with van der Waals surface area (Å²) in [4.78, 5) is 17.5. The van der Waals surface area contributed by atoms with E-state index in [0.717, 1.165) is 16.7 Å². The Kier molecular flexibility index (Phi) is 6.02. The summed E-state index contributed by atoms with van der Waals surface area (Å²) in [5.74, 6) is 0.426. The lowest BCUT2D eigenvalue weighted by Crippen LogP contribution is -2.20. The molecule has 0 aliphatic carbocycles. The zero-order valence-electron chi connectivity index (χ0n) is 18.1. The van der Waals surface area contributed by atoms with Crippen molar-refractivity contribution in [3.63, 3.8) is 0 Å². The van der Waals surface area contributed by atoms with E-state index in [1.54, 1.807) is 42.5 Å². The molecular weight excluding hydrogens is 449 g/mol. The van der Waals surface area contributed by atoms with E-state index in [9.17, 15) is 23.1 Å². The smallest absolute Gasteiger partial charge is 0.416 e. The quantitative estimate of drug-likeness (QED) is 0.394. The topological polar surface area (TPSA) is 73.0 Å². The van der Waals surface area contributed by atoms with Crippen molar-refractivity contribution in [1.82, 2.24) is 4.57 Å². The van der Waals surface area contributed by atoms with Crippen LogP contribution in [-0.2, 0) is 6.18 Å². The molecule has 174 valence electrons. The number of benzene rings is 3. The number of hydrogen-bond donors (Lipinski definition) is 1. The van der Waals surface area contributed by atoms with E-state index in [1.165, 1.54) is 32.6 Å². The summed E-state index contributed by atoms with van der Waals surface area (Å²) in [6.45, 7) is 0. The molecule has 0 spiro atoms. The third-order valence-electron chi connectivity index (χ3n) is 5.27. The van der Waals surface area contributed by atoms with Gasteiger partial charge in [0, 0.05) is 23.1 Å². The summed E-state index contributed by atoms with van der Waals surface area (Å²) in [5.41, 5.74) is -0.450. The first-order chi connectivity index (χ1) is 16.2. The van der Waals surface area contributed by atoms with Gasteiger partial charge in [-0.2, -0.15) is 13.2 Å². The van der Waals surface area contributed by atoms with E-state index in [-0.39, 0.29) is 17.1 Å². The van der Waals surface area contributed by atoms with E-state index in [1.807, 2.05) is 0 Å².